The molecule has 26 heavy (non-hydrogen) atoms. The highest BCUT2D eigenvalue weighted by Crippen LogP contribution is 2.49. The summed E-state index contributed by atoms with van der Waals surface area (Å²) in [7, 11) is 0. The molecule has 0 radical (unpaired) electrons. The number of para-hydroxylation sites is 1. The van der Waals surface area contributed by atoms with Crippen LogP contribution in [0.25, 0.3) is 10.9 Å². The number of aromatic nitrogens is 2. The molecule has 4 heterocycles. The summed E-state index contributed by atoms with van der Waals surface area (Å²) < 4.78 is 2.35. The Morgan fingerprint density at radius 2 is 2.00 bits per heavy atom. The van der Waals surface area contributed by atoms with Crippen LogP contribution in [0.2, 0.25) is 0 Å². The van der Waals surface area contributed by atoms with E-state index in [4.69, 9.17) is 4.99 Å². The van der Waals surface area contributed by atoms with Gasteiger partial charge in [-0.05, 0) is 25.1 Å². The number of pyridine rings is 1. The molecule has 4 nitrogen and oxygen atoms in total. The Labute approximate surface area is 157 Å². The lowest BCUT2D eigenvalue weighted by Crippen LogP contribution is -2.28. The second-order valence-electron chi connectivity index (χ2n) is 7.02. The minimum absolute atomic E-state index is 0.0577. The van der Waals surface area contributed by atoms with E-state index < -0.39 is 0 Å². The molecule has 3 atom stereocenters. The number of thioether (sulfide) groups is 1. The maximum Gasteiger partial charge on any atom is 0.160 e. The number of aryl methyl sites for hydroxylation is 1. The van der Waals surface area contributed by atoms with Gasteiger partial charge in [0.2, 0.25) is 0 Å². The highest BCUT2D eigenvalue weighted by atomic mass is 32.2. The van der Waals surface area contributed by atoms with E-state index in [0.717, 1.165) is 18.8 Å². The molecular formula is C21H22N4S. The third-order valence-corrected chi connectivity index (χ3v) is 6.46. The fourth-order valence-electron chi connectivity index (χ4n) is 4.23. The zero-order valence-electron chi connectivity index (χ0n) is 15.0. The van der Waals surface area contributed by atoms with Gasteiger partial charge in [-0.25, -0.2) is 0 Å². The molecule has 0 unspecified atom stereocenters. The third kappa shape index (κ3) is 2.37. The van der Waals surface area contributed by atoms with Crippen molar-refractivity contribution in [3.05, 3.63) is 66.1 Å². The molecule has 1 fully saturated rings. The second kappa shape index (κ2) is 6.16. The van der Waals surface area contributed by atoms with Gasteiger partial charge in [0.05, 0.1) is 11.7 Å². The van der Waals surface area contributed by atoms with Crippen LogP contribution in [0.5, 0.6) is 0 Å². The van der Waals surface area contributed by atoms with E-state index in [1.54, 1.807) is 0 Å². The van der Waals surface area contributed by atoms with Gasteiger partial charge in [-0.1, -0.05) is 43.0 Å². The van der Waals surface area contributed by atoms with E-state index in [0.29, 0.717) is 5.25 Å². The van der Waals surface area contributed by atoms with E-state index in [-0.39, 0.29) is 12.1 Å². The van der Waals surface area contributed by atoms with Gasteiger partial charge >= 0.3 is 0 Å². The van der Waals surface area contributed by atoms with Crippen molar-refractivity contribution in [2.75, 3.05) is 6.54 Å². The summed E-state index contributed by atoms with van der Waals surface area (Å²) in [5, 5.41) is 3.09. The summed E-state index contributed by atoms with van der Waals surface area (Å²) in [5.74, 6) is 0. The summed E-state index contributed by atoms with van der Waals surface area (Å²) in [6.45, 7) is 6.51. The SMILES string of the molecule is CCn1cc([C@@H]2[C@H](c3ccccn3)N=C3S[C@H](C)CN32)c2ccccc21. The number of amidine groups is 1. The molecule has 2 aliphatic heterocycles. The maximum absolute atomic E-state index is 5.10. The largest absolute Gasteiger partial charge is 0.347 e. The summed E-state index contributed by atoms with van der Waals surface area (Å²) in [6, 6.07) is 15.1. The van der Waals surface area contributed by atoms with Crippen molar-refractivity contribution in [2.45, 2.75) is 37.7 Å². The Morgan fingerprint density at radius 3 is 2.81 bits per heavy atom. The van der Waals surface area contributed by atoms with Crippen LogP contribution < -0.4 is 0 Å². The van der Waals surface area contributed by atoms with Crippen molar-refractivity contribution in [3.8, 4) is 0 Å². The van der Waals surface area contributed by atoms with E-state index in [1.165, 1.54) is 21.6 Å². The Hall–Kier alpha value is -2.27. The van der Waals surface area contributed by atoms with Gasteiger partial charge in [0.1, 0.15) is 6.04 Å². The number of aliphatic imine (C=N–C) groups is 1. The lowest BCUT2D eigenvalue weighted by molar-refractivity contribution is 0.323. The van der Waals surface area contributed by atoms with Gasteiger partial charge in [-0.15, -0.1) is 0 Å². The molecule has 0 aliphatic carbocycles. The standard InChI is InChI=1S/C21H22N4S/c1-3-24-13-16(15-8-4-5-10-18(15)24)20-19(17-9-6-7-11-22-17)23-21-25(20)12-14(2)26-21/h4-11,13-14,19-20H,3,12H2,1-2H3/t14-,19+,20-/m1/s1. The summed E-state index contributed by atoms with van der Waals surface area (Å²) in [5.41, 5.74) is 3.73. The molecule has 1 saturated heterocycles. The lowest BCUT2D eigenvalue weighted by Gasteiger charge is -2.26. The Balaban J connectivity index is 1.68. The fourth-order valence-corrected chi connectivity index (χ4v) is 5.32. The average Bonchev–Trinajstić information content (AvgIpc) is 3.32. The Morgan fingerprint density at radius 1 is 1.15 bits per heavy atom. The highest BCUT2D eigenvalue weighted by molar-refractivity contribution is 8.14. The Bertz CT molecular complexity index is 978. The molecule has 0 amide bonds. The highest BCUT2D eigenvalue weighted by Gasteiger charge is 2.44. The van der Waals surface area contributed by atoms with Crippen LogP contribution in [0.15, 0.2) is 59.9 Å². The van der Waals surface area contributed by atoms with E-state index in [1.807, 2.05) is 24.0 Å². The predicted octanol–water partition coefficient (Wildman–Crippen LogP) is 4.65. The quantitative estimate of drug-likeness (QED) is 0.680. The first kappa shape index (κ1) is 15.9. The third-order valence-electron chi connectivity index (χ3n) is 5.36. The van der Waals surface area contributed by atoms with Crippen LogP contribution >= 0.6 is 11.8 Å². The molecule has 1 aromatic carbocycles. The van der Waals surface area contributed by atoms with Crippen molar-refractivity contribution in [1.29, 1.82) is 0 Å². The number of hydrogen-bond acceptors (Lipinski definition) is 4. The van der Waals surface area contributed by atoms with Crippen LogP contribution in [0.4, 0.5) is 0 Å². The molecule has 2 aliphatic rings. The molecule has 0 bridgehead atoms. The van der Waals surface area contributed by atoms with Gasteiger partial charge in [-0.2, -0.15) is 0 Å². The molecule has 2 aromatic heterocycles. The van der Waals surface area contributed by atoms with Gasteiger partial charge in [0.15, 0.2) is 5.17 Å². The van der Waals surface area contributed by atoms with Crippen LogP contribution in [0.3, 0.4) is 0 Å². The zero-order valence-corrected chi connectivity index (χ0v) is 15.9. The molecule has 132 valence electrons. The lowest BCUT2D eigenvalue weighted by atomic mass is 9.96. The first-order chi connectivity index (χ1) is 12.8. The van der Waals surface area contributed by atoms with Crippen molar-refractivity contribution in [2.24, 2.45) is 4.99 Å². The topological polar surface area (TPSA) is 33.4 Å². The molecule has 0 saturated carbocycles. The number of rotatable bonds is 3. The predicted molar refractivity (Wildman–Crippen MR) is 109 cm³/mol. The van der Waals surface area contributed by atoms with Crippen LogP contribution in [-0.2, 0) is 6.54 Å². The number of fused-ring (bicyclic) bond motifs is 2. The minimum atomic E-state index is 0.0577. The average molecular weight is 363 g/mol. The molecule has 0 spiro atoms. The second-order valence-corrected chi connectivity index (χ2v) is 8.43. The van der Waals surface area contributed by atoms with Gasteiger partial charge in [0, 0.05) is 47.2 Å². The van der Waals surface area contributed by atoms with Gasteiger partial charge in [-0.3, -0.25) is 9.98 Å². The molecule has 5 heteroatoms. The zero-order chi connectivity index (χ0) is 17.7. The van der Waals surface area contributed by atoms with Crippen molar-refractivity contribution >= 4 is 27.8 Å². The number of hydrogen-bond donors (Lipinski definition) is 0. The molecule has 0 N–H and O–H groups in total. The molecular weight excluding hydrogens is 340 g/mol. The summed E-state index contributed by atoms with van der Waals surface area (Å²) in [4.78, 5) is 12.2. The monoisotopic (exact) mass is 362 g/mol. The smallest absolute Gasteiger partial charge is 0.160 e. The normalized spacial score (nSPS) is 24.9. The van der Waals surface area contributed by atoms with Crippen molar-refractivity contribution < 1.29 is 0 Å². The first-order valence-electron chi connectivity index (χ1n) is 9.26. The summed E-state index contributed by atoms with van der Waals surface area (Å²) >= 11 is 1.89. The van der Waals surface area contributed by atoms with Crippen LogP contribution in [0.1, 0.15) is 37.2 Å². The van der Waals surface area contributed by atoms with Crippen LogP contribution in [0, 0.1) is 0 Å². The van der Waals surface area contributed by atoms with Crippen LogP contribution in [-0.4, -0.2) is 31.4 Å². The van der Waals surface area contributed by atoms with E-state index >= 15 is 0 Å². The summed E-state index contributed by atoms with van der Waals surface area (Å²) in [6.07, 6.45) is 4.21. The first-order valence-corrected chi connectivity index (χ1v) is 10.1. The van der Waals surface area contributed by atoms with Gasteiger partial charge in [0.25, 0.3) is 0 Å². The van der Waals surface area contributed by atoms with E-state index in [2.05, 4.69) is 70.9 Å². The Kier molecular flexibility index (Phi) is 3.78. The fraction of sp³-hybridized carbons (Fsp3) is 0.333. The number of benzene rings is 1. The minimum Gasteiger partial charge on any atom is -0.347 e. The number of nitrogens with zero attached hydrogens (tertiary/aromatic N) is 4. The van der Waals surface area contributed by atoms with E-state index in [9.17, 15) is 0 Å². The molecule has 3 aromatic rings. The van der Waals surface area contributed by atoms with Crippen molar-refractivity contribution in [1.82, 2.24) is 14.5 Å². The molecule has 5 rings (SSSR count). The maximum atomic E-state index is 5.10. The van der Waals surface area contributed by atoms with Crippen molar-refractivity contribution in [3.63, 3.8) is 0 Å². The van der Waals surface area contributed by atoms with Gasteiger partial charge < -0.3 is 9.47 Å².